The first-order chi connectivity index (χ1) is 20.0. The Hall–Kier alpha value is -4.63. The van der Waals surface area contributed by atoms with Gasteiger partial charge in [0.25, 0.3) is 11.8 Å². The maximum atomic E-state index is 14.2. The molecular formula is C32H35N5O4. The van der Waals surface area contributed by atoms with E-state index in [9.17, 15) is 14.4 Å². The molecule has 2 heterocycles. The van der Waals surface area contributed by atoms with Crippen LogP contribution in [-0.2, 0) is 6.54 Å². The SMILES string of the molecule is COc1ccc(C(=O)NCCCn2c(C(=O)N3CCNCC3)c(-c3ccccc3)n(-c3ccccc3C)c2=O)cc1. The molecule has 0 radical (unpaired) electrons. The highest BCUT2D eigenvalue weighted by molar-refractivity contribution is 5.99. The maximum Gasteiger partial charge on any atom is 0.333 e. The lowest BCUT2D eigenvalue weighted by molar-refractivity contribution is 0.0724. The number of nitrogens with zero attached hydrogens (tertiary/aromatic N) is 3. The fourth-order valence-corrected chi connectivity index (χ4v) is 5.17. The van der Waals surface area contributed by atoms with Gasteiger partial charge in [0.15, 0.2) is 0 Å². The number of piperazine rings is 1. The van der Waals surface area contributed by atoms with E-state index in [0.29, 0.717) is 61.8 Å². The van der Waals surface area contributed by atoms with Crippen LogP contribution in [0.1, 0.15) is 32.8 Å². The highest BCUT2D eigenvalue weighted by Gasteiger charge is 2.31. The van der Waals surface area contributed by atoms with Crippen molar-refractivity contribution in [3.63, 3.8) is 0 Å². The summed E-state index contributed by atoms with van der Waals surface area (Å²) in [6.07, 6.45) is 0.468. The molecule has 0 saturated carbocycles. The summed E-state index contributed by atoms with van der Waals surface area (Å²) in [5, 5.41) is 6.22. The first kappa shape index (κ1) is 27.9. The Morgan fingerprint density at radius 3 is 2.29 bits per heavy atom. The second-order valence-corrected chi connectivity index (χ2v) is 10.00. The standard InChI is InChI=1S/C32H35N5O4/c1-23-9-6-7-12-27(23)37-28(24-10-4-3-5-11-24)29(31(39)35-21-18-33-19-22-35)36(32(37)40)20-8-17-34-30(38)25-13-15-26(41-2)16-14-25/h3-7,9-16,33H,8,17-22H2,1-2H3,(H,34,38). The molecule has 0 unspecified atom stereocenters. The van der Waals surface area contributed by atoms with Crippen LogP contribution in [0.5, 0.6) is 5.75 Å². The number of aromatic nitrogens is 2. The van der Waals surface area contributed by atoms with Crippen LogP contribution in [0.2, 0.25) is 0 Å². The van der Waals surface area contributed by atoms with Gasteiger partial charge in [-0.25, -0.2) is 4.79 Å². The van der Waals surface area contributed by atoms with Gasteiger partial charge in [-0.1, -0.05) is 48.5 Å². The summed E-state index contributed by atoms with van der Waals surface area (Å²) in [6, 6.07) is 24.2. The number of methoxy groups -OCH3 is 1. The number of aryl methyl sites for hydroxylation is 1. The molecule has 0 atom stereocenters. The lowest BCUT2D eigenvalue weighted by atomic mass is 10.1. The van der Waals surface area contributed by atoms with Gasteiger partial charge in [0, 0.05) is 50.4 Å². The van der Waals surface area contributed by atoms with E-state index >= 15 is 0 Å². The summed E-state index contributed by atoms with van der Waals surface area (Å²) in [5.41, 5.74) is 3.64. The molecule has 9 heteroatoms. The van der Waals surface area contributed by atoms with Crippen LogP contribution in [0.25, 0.3) is 16.9 Å². The van der Waals surface area contributed by atoms with Gasteiger partial charge in [-0.2, -0.15) is 0 Å². The number of carbonyl (C=O) groups excluding carboxylic acids is 2. The van der Waals surface area contributed by atoms with Crippen molar-refractivity contribution in [2.24, 2.45) is 0 Å². The van der Waals surface area contributed by atoms with Gasteiger partial charge in [0.2, 0.25) is 0 Å². The normalized spacial score (nSPS) is 13.2. The molecule has 0 bridgehead atoms. The molecule has 3 aromatic carbocycles. The number of hydrogen-bond donors (Lipinski definition) is 2. The van der Waals surface area contributed by atoms with Gasteiger partial charge < -0.3 is 20.3 Å². The summed E-state index contributed by atoms with van der Waals surface area (Å²) in [7, 11) is 1.58. The molecule has 1 aliphatic rings. The summed E-state index contributed by atoms with van der Waals surface area (Å²) in [4.78, 5) is 42.8. The van der Waals surface area contributed by atoms with Crippen LogP contribution >= 0.6 is 0 Å². The highest BCUT2D eigenvalue weighted by atomic mass is 16.5. The predicted molar refractivity (Wildman–Crippen MR) is 159 cm³/mol. The van der Waals surface area contributed by atoms with Crippen molar-refractivity contribution in [2.45, 2.75) is 19.9 Å². The second kappa shape index (κ2) is 12.7. The van der Waals surface area contributed by atoms with Gasteiger partial charge >= 0.3 is 5.69 Å². The van der Waals surface area contributed by atoms with E-state index in [-0.39, 0.29) is 24.0 Å². The van der Waals surface area contributed by atoms with Crippen molar-refractivity contribution in [2.75, 3.05) is 39.8 Å². The summed E-state index contributed by atoms with van der Waals surface area (Å²) in [5.74, 6) is 0.298. The van der Waals surface area contributed by atoms with Gasteiger partial charge in [-0.3, -0.25) is 18.7 Å². The lowest BCUT2D eigenvalue weighted by Crippen LogP contribution is -2.47. The number of amides is 2. The molecule has 1 aromatic heterocycles. The summed E-state index contributed by atoms with van der Waals surface area (Å²) >= 11 is 0. The second-order valence-electron chi connectivity index (χ2n) is 10.00. The number of benzene rings is 3. The van der Waals surface area contributed by atoms with Crippen molar-refractivity contribution in [1.82, 2.24) is 24.7 Å². The number of ether oxygens (including phenoxy) is 1. The third-order valence-electron chi connectivity index (χ3n) is 7.35. The predicted octanol–water partition coefficient (Wildman–Crippen LogP) is 3.49. The lowest BCUT2D eigenvalue weighted by Gasteiger charge is -2.28. The average molecular weight is 554 g/mol. The Morgan fingerprint density at radius 2 is 1.61 bits per heavy atom. The molecule has 9 nitrogen and oxygen atoms in total. The Bertz CT molecular complexity index is 1570. The molecule has 5 rings (SSSR count). The smallest absolute Gasteiger partial charge is 0.333 e. The van der Waals surface area contributed by atoms with Crippen LogP contribution in [0.4, 0.5) is 0 Å². The maximum absolute atomic E-state index is 14.2. The number of para-hydroxylation sites is 1. The Labute approximate surface area is 239 Å². The monoisotopic (exact) mass is 553 g/mol. The third kappa shape index (κ3) is 5.95. The van der Waals surface area contributed by atoms with Crippen LogP contribution in [-0.4, -0.2) is 65.7 Å². The van der Waals surface area contributed by atoms with Crippen LogP contribution in [0.3, 0.4) is 0 Å². The number of rotatable bonds is 9. The fourth-order valence-electron chi connectivity index (χ4n) is 5.17. The Balaban J connectivity index is 1.51. The zero-order valence-electron chi connectivity index (χ0n) is 23.4. The van der Waals surface area contributed by atoms with E-state index in [2.05, 4.69) is 10.6 Å². The minimum Gasteiger partial charge on any atom is -0.497 e. The van der Waals surface area contributed by atoms with E-state index in [0.717, 1.165) is 16.8 Å². The van der Waals surface area contributed by atoms with Crippen molar-refractivity contribution < 1.29 is 14.3 Å². The minimum atomic E-state index is -0.280. The number of carbonyl (C=O) groups is 2. The highest BCUT2D eigenvalue weighted by Crippen LogP contribution is 2.29. The zero-order valence-corrected chi connectivity index (χ0v) is 23.4. The van der Waals surface area contributed by atoms with Gasteiger partial charge in [0.1, 0.15) is 11.4 Å². The fraction of sp³-hybridized carbons (Fsp3) is 0.281. The van der Waals surface area contributed by atoms with E-state index < -0.39 is 0 Å². The van der Waals surface area contributed by atoms with Gasteiger partial charge in [-0.05, 0) is 49.2 Å². The molecule has 2 amide bonds. The molecule has 2 N–H and O–H groups in total. The molecule has 212 valence electrons. The largest absolute Gasteiger partial charge is 0.497 e. The molecule has 4 aromatic rings. The van der Waals surface area contributed by atoms with Crippen molar-refractivity contribution in [3.8, 4) is 22.7 Å². The average Bonchev–Trinajstić information content (AvgIpc) is 3.31. The van der Waals surface area contributed by atoms with E-state index in [1.807, 2.05) is 66.4 Å². The van der Waals surface area contributed by atoms with Gasteiger partial charge in [-0.15, -0.1) is 0 Å². The number of nitrogens with one attached hydrogen (secondary N) is 2. The molecule has 1 aliphatic heterocycles. The Morgan fingerprint density at radius 1 is 0.927 bits per heavy atom. The van der Waals surface area contributed by atoms with Gasteiger partial charge in [0.05, 0.1) is 18.5 Å². The van der Waals surface area contributed by atoms with Crippen molar-refractivity contribution >= 4 is 11.8 Å². The zero-order chi connectivity index (χ0) is 28.8. The molecule has 1 saturated heterocycles. The first-order valence-corrected chi connectivity index (χ1v) is 13.9. The molecular weight excluding hydrogens is 518 g/mol. The number of imidazole rings is 1. The van der Waals surface area contributed by atoms with Crippen LogP contribution < -0.4 is 21.1 Å². The van der Waals surface area contributed by atoms with Crippen molar-refractivity contribution in [1.29, 1.82) is 0 Å². The summed E-state index contributed by atoms with van der Waals surface area (Å²) < 4.78 is 8.41. The third-order valence-corrected chi connectivity index (χ3v) is 7.35. The molecule has 0 aliphatic carbocycles. The Kier molecular flexibility index (Phi) is 8.64. The quantitative estimate of drug-likeness (QED) is 0.310. The van der Waals surface area contributed by atoms with Crippen LogP contribution in [0, 0.1) is 6.92 Å². The van der Waals surface area contributed by atoms with E-state index in [1.165, 1.54) is 0 Å². The molecule has 1 fully saturated rings. The van der Waals surface area contributed by atoms with Crippen molar-refractivity contribution in [3.05, 3.63) is 106 Å². The number of hydrogen-bond acceptors (Lipinski definition) is 5. The first-order valence-electron chi connectivity index (χ1n) is 13.9. The molecule has 0 spiro atoms. The van der Waals surface area contributed by atoms with Crippen LogP contribution in [0.15, 0.2) is 83.7 Å². The van der Waals surface area contributed by atoms with E-state index in [1.54, 1.807) is 40.5 Å². The molecule has 41 heavy (non-hydrogen) atoms. The summed E-state index contributed by atoms with van der Waals surface area (Å²) in [6.45, 7) is 5.10. The minimum absolute atomic E-state index is 0.169. The topological polar surface area (TPSA) is 97.6 Å². The van der Waals surface area contributed by atoms with E-state index in [4.69, 9.17) is 4.74 Å².